The van der Waals surface area contributed by atoms with Crippen LogP contribution in [0.1, 0.15) is 4.88 Å². The molecule has 0 aliphatic carbocycles. The van der Waals surface area contributed by atoms with Crippen molar-refractivity contribution < 1.29 is 4.79 Å². The summed E-state index contributed by atoms with van der Waals surface area (Å²) < 4.78 is 1.49. The van der Waals surface area contributed by atoms with Gasteiger partial charge < -0.3 is 16.8 Å². The van der Waals surface area contributed by atoms with Gasteiger partial charge in [0.25, 0.3) is 0 Å². The zero-order valence-electron chi connectivity index (χ0n) is 9.09. The largest absolute Gasteiger partial charge is 0.398 e. The summed E-state index contributed by atoms with van der Waals surface area (Å²) in [6.07, 6.45) is 3.38. The summed E-state index contributed by atoms with van der Waals surface area (Å²) in [5, 5.41) is 9.13. The summed E-state index contributed by atoms with van der Waals surface area (Å²) in [6.45, 7) is 0.731. The summed E-state index contributed by atoms with van der Waals surface area (Å²) in [5.74, 6) is -0.415. The molecule has 2 aromatic rings. The molecular weight excluding hydrogens is 238 g/mol. The van der Waals surface area contributed by atoms with Crippen LogP contribution in [0.3, 0.4) is 0 Å². The molecule has 0 atom stereocenters. The molecule has 0 aliphatic rings. The average Bonchev–Trinajstić information content (AvgIpc) is 2.84. The number of nitrogen functional groups attached to an aromatic ring is 1. The molecule has 7 heteroatoms. The first kappa shape index (κ1) is 11.5. The predicted molar refractivity (Wildman–Crippen MR) is 67.5 cm³/mol. The van der Waals surface area contributed by atoms with E-state index >= 15 is 0 Å². The van der Waals surface area contributed by atoms with E-state index in [1.165, 1.54) is 4.68 Å². The van der Waals surface area contributed by atoms with Crippen LogP contribution in [-0.2, 0) is 17.9 Å². The number of aromatic nitrogens is 2. The Morgan fingerprint density at radius 2 is 2.41 bits per heavy atom. The quantitative estimate of drug-likeness (QED) is 0.725. The maximum absolute atomic E-state index is 10.7. The number of nitrogens with two attached hydrogens (primary N) is 2. The second-order valence-corrected chi connectivity index (χ2v) is 4.55. The lowest BCUT2D eigenvalue weighted by molar-refractivity contribution is -0.118. The van der Waals surface area contributed by atoms with Crippen LogP contribution >= 0.6 is 11.3 Å². The maximum Gasteiger partial charge on any atom is 0.239 e. The number of rotatable bonds is 5. The Bertz CT molecular complexity index is 518. The van der Waals surface area contributed by atoms with Gasteiger partial charge in [-0.25, -0.2) is 0 Å². The van der Waals surface area contributed by atoms with E-state index in [1.54, 1.807) is 23.7 Å². The highest BCUT2D eigenvalue weighted by atomic mass is 32.1. The fourth-order valence-corrected chi connectivity index (χ4v) is 2.12. The van der Waals surface area contributed by atoms with Crippen LogP contribution < -0.4 is 16.8 Å². The summed E-state index contributed by atoms with van der Waals surface area (Å²) >= 11 is 1.60. The molecule has 2 heterocycles. The van der Waals surface area contributed by atoms with E-state index in [0.29, 0.717) is 6.54 Å². The molecule has 6 nitrogen and oxygen atoms in total. The van der Waals surface area contributed by atoms with E-state index in [0.717, 1.165) is 16.3 Å². The van der Waals surface area contributed by atoms with E-state index in [9.17, 15) is 4.79 Å². The minimum Gasteiger partial charge on any atom is -0.398 e. The highest BCUT2D eigenvalue weighted by Crippen LogP contribution is 2.20. The van der Waals surface area contributed by atoms with Crippen molar-refractivity contribution in [2.45, 2.75) is 13.1 Å². The van der Waals surface area contributed by atoms with Gasteiger partial charge in [0.2, 0.25) is 5.91 Å². The van der Waals surface area contributed by atoms with Gasteiger partial charge >= 0.3 is 0 Å². The molecule has 90 valence electrons. The van der Waals surface area contributed by atoms with Crippen molar-refractivity contribution in [3.8, 4) is 0 Å². The zero-order valence-corrected chi connectivity index (χ0v) is 9.91. The van der Waals surface area contributed by atoms with E-state index in [4.69, 9.17) is 11.5 Å². The molecule has 0 spiro atoms. The van der Waals surface area contributed by atoms with E-state index in [-0.39, 0.29) is 6.54 Å². The van der Waals surface area contributed by atoms with Gasteiger partial charge in [0.1, 0.15) is 6.54 Å². The molecule has 17 heavy (non-hydrogen) atoms. The van der Waals surface area contributed by atoms with Crippen LogP contribution in [0, 0.1) is 0 Å². The van der Waals surface area contributed by atoms with Crippen LogP contribution in [0.25, 0.3) is 0 Å². The van der Waals surface area contributed by atoms with Crippen LogP contribution in [-0.4, -0.2) is 15.7 Å². The van der Waals surface area contributed by atoms with Gasteiger partial charge in [-0.15, -0.1) is 11.3 Å². The van der Waals surface area contributed by atoms with Gasteiger partial charge in [0, 0.05) is 16.8 Å². The standard InChI is InChI=1S/C10H13N5OS/c11-8-1-2-17-9(8)4-13-7-3-14-15(5-7)6-10(12)16/h1-3,5,13H,4,6,11H2,(H2,12,16). The normalized spacial score (nSPS) is 10.4. The van der Waals surface area contributed by atoms with Crippen LogP contribution in [0.5, 0.6) is 0 Å². The second-order valence-electron chi connectivity index (χ2n) is 3.55. The first-order valence-corrected chi connectivity index (χ1v) is 5.89. The monoisotopic (exact) mass is 251 g/mol. The molecule has 0 unspecified atom stereocenters. The number of nitrogens with one attached hydrogen (secondary N) is 1. The van der Waals surface area contributed by atoms with Gasteiger partial charge in [-0.1, -0.05) is 0 Å². The smallest absolute Gasteiger partial charge is 0.239 e. The average molecular weight is 251 g/mol. The third-order valence-corrected chi connectivity index (χ3v) is 3.12. The Hall–Kier alpha value is -2.02. The topological polar surface area (TPSA) is 99.0 Å². The Balaban J connectivity index is 1.93. The molecular formula is C10H13N5OS. The Morgan fingerprint density at radius 3 is 3.06 bits per heavy atom. The minimum atomic E-state index is -0.415. The molecule has 2 aromatic heterocycles. The third kappa shape index (κ3) is 2.97. The summed E-state index contributed by atoms with van der Waals surface area (Å²) in [7, 11) is 0. The van der Waals surface area contributed by atoms with Crippen molar-refractivity contribution in [3.63, 3.8) is 0 Å². The summed E-state index contributed by atoms with van der Waals surface area (Å²) in [4.78, 5) is 11.8. The number of thiophene rings is 1. The lowest BCUT2D eigenvalue weighted by Gasteiger charge is -2.01. The molecule has 0 fully saturated rings. The van der Waals surface area contributed by atoms with Gasteiger partial charge in [0.15, 0.2) is 0 Å². The summed E-state index contributed by atoms with van der Waals surface area (Å²) in [5.41, 5.74) is 12.5. The van der Waals surface area contributed by atoms with Crippen LogP contribution in [0.4, 0.5) is 11.4 Å². The molecule has 0 saturated heterocycles. The molecule has 0 saturated carbocycles. The number of carbonyl (C=O) groups excluding carboxylic acids is 1. The third-order valence-electron chi connectivity index (χ3n) is 2.18. The van der Waals surface area contributed by atoms with Gasteiger partial charge in [-0.3, -0.25) is 9.48 Å². The van der Waals surface area contributed by atoms with Crippen LogP contribution in [0.15, 0.2) is 23.8 Å². The van der Waals surface area contributed by atoms with Crippen molar-refractivity contribution in [2.24, 2.45) is 5.73 Å². The number of hydrogen-bond donors (Lipinski definition) is 3. The lowest BCUT2D eigenvalue weighted by Crippen LogP contribution is -2.18. The van der Waals surface area contributed by atoms with Crippen molar-refractivity contribution >= 4 is 28.6 Å². The SMILES string of the molecule is NC(=O)Cn1cc(NCc2sccc2N)cn1. The minimum absolute atomic E-state index is 0.0861. The Morgan fingerprint density at radius 1 is 1.59 bits per heavy atom. The number of hydrogen-bond acceptors (Lipinski definition) is 5. The zero-order chi connectivity index (χ0) is 12.3. The van der Waals surface area contributed by atoms with Crippen molar-refractivity contribution in [1.82, 2.24) is 9.78 Å². The van der Waals surface area contributed by atoms with E-state index < -0.39 is 5.91 Å². The molecule has 0 aliphatic heterocycles. The van der Waals surface area contributed by atoms with Crippen molar-refractivity contribution in [3.05, 3.63) is 28.7 Å². The molecule has 2 rings (SSSR count). The van der Waals surface area contributed by atoms with E-state index in [2.05, 4.69) is 10.4 Å². The molecule has 0 bridgehead atoms. The number of carbonyl (C=O) groups is 1. The van der Waals surface area contributed by atoms with Gasteiger partial charge in [0.05, 0.1) is 18.4 Å². The highest BCUT2D eigenvalue weighted by Gasteiger charge is 2.03. The molecule has 1 amide bonds. The first-order valence-electron chi connectivity index (χ1n) is 5.01. The number of nitrogens with zero attached hydrogens (tertiary/aromatic N) is 2. The number of amides is 1. The van der Waals surface area contributed by atoms with Crippen molar-refractivity contribution in [2.75, 3.05) is 11.1 Å². The molecule has 0 aromatic carbocycles. The van der Waals surface area contributed by atoms with Gasteiger partial charge in [-0.05, 0) is 11.4 Å². The molecule has 5 N–H and O–H groups in total. The van der Waals surface area contributed by atoms with Gasteiger partial charge in [-0.2, -0.15) is 5.10 Å². The highest BCUT2D eigenvalue weighted by molar-refractivity contribution is 7.10. The second kappa shape index (κ2) is 4.88. The number of primary amides is 1. The fraction of sp³-hybridized carbons (Fsp3) is 0.200. The van der Waals surface area contributed by atoms with Crippen molar-refractivity contribution in [1.29, 1.82) is 0 Å². The summed E-state index contributed by atoms with van der Waals surface area (Å²) in [6, 6.07) is 1.87. The Kier molecular flexibility index (Phi) is 3.29. The van der Waals surface area contributed by atoms with Crippen LogP contribution in [0.2, 0.25) is 0 Å². The first-order chi connectivity index (χ1) is 8.15. The molecule has 0 radical (unpaired) electrons. The maximum atomic E-state index is 10.7. The fourth-order valence-electron chi connectivity index (χ4n) is 1.38. The van der Waals surface area contributed by atoms with E-state index in [1.807, 2.05) is 11.4 Å². The Labute approximate surface area is 102 Å². The number of anilines is 2. The predicted octanol–water partition coefficient (Wildman–Crippen LogP) is 0.624. The lowest BCUT2D eigenvalue weighted by atomic mass is 10.4.